The van der Waals surface area contributed by atoms with E-state index in [2.05, 4.69) is 4.72 Å². The molecule has 8 heteroatoms. The molecule has 176 valence electrons. The van der Waals surface area contributed by atoms with Crippen molar-refractivity contribution in [2.24, 2.45) is 0 Å². The van der Waals surface area contributed by atoms with Crippen molar-refractivity contribution in [2.45, 2.75) is 30.7 Å². The minimum atomic E-state index is -3.70. The van der Waals surface area contributed by atoms with Crippen molar-refractivity contribution in [2.75, 3.05) is 11.9 Å². The van der Waals surface area contributed by atoms with Gasteiger partial charge in [0.2, 0.25) is 10.0 Å². The number of amides is 1. The van der Waals surface area contributed by atoms with Crippen LogP contribution in [0.4, 0.5) is 5.69 Å². The molecule has 0 spiro atoms. The summed E-state index contributed by atoms with van der Waals surface area (Å²) in [5, 5.41) is 19.1. The van der Waals surface area contributed by atoms with E-state index in [1.165, 1.54) is 29.2 Å². The van der Waals surface area contributed by atoms with Crippen LogP contribution in [0, 0.1) is 0 Å². The summed E-state index contributed by atoms with van der Waals surface area (Å²) in [6.45, 7) is 1.64. The Bertz CT molecular complexity index is 1340. The summed E-state index contributed by atoms with van der Waals surface area (Å²) in [5.74, 6) is -0.792. The molecular formula is C26H26N2O5S. The third-order valence-corrected chi connectivity index (χ3v) is 7.47. The van der Waals surface area contributed by atoms with E-state index in [1.54, 1.807) is 38.2 Å². The first kappa shape index (κ1) is 23.5. The Morgan fingerprint density at radius 1 is 0.971 bits per heavy atom. The topological polar surface area (TPSA) is 107 Å². The fraction of sp³-hybridized carbons (Fsp3) is 0.192. The van der Waals surface area contributed by atoms with Gasteiger partial charge in [-0.25, -0.2) is 13.1 Å². The molecule has 0 heterocycles. The van der Waals surface area contributed by atoms with Crippen LogP contribution >= 0.6 is 0 Å². The number of nitrogens with one attached hydrogen (secondary N) is 1. The number of phenolic OH excluding ortho intramolecular Hbond substituents is 2. The third-order valence-electron chi connectivity index (χ3n) is 5.93. The Morgan fingerprint density at radius 2 is 1.59 bits per heavy atom. The molecule has 1 aliphatic rings. The number of hydrogen-bond donors (Lipinski definition) is 3. The number of aromatic hydroxyl groups is 2. The fourth-order valence-electron chi connectivity index (χ4n) is 4.10. The minimum Gasteiger partial charge on any atom is -0.504 e. The minimum absolute atomic E-state index is 0.139. The maximum absolute atomic E-state index is 12.9. The lowest BCUT2D eigenvalue weighted by Crippen LogP contribution is -2.35. The van der Waals surface area contributed by atoms with Gasteiger partial charge in [0.25, 0.3) is 5.91 Å². The number of carbonyl (C=O) groups is 1. The molecule has 4 rings (SSSR count). The smallest absolute Gasteiger partial charge is 0.253 e. The highest BCUT2D eigenvalue weighted by Gasteiger charge is 2.26. The lowest BCUT2D eigenvalue weighted by molar-refractivity contribution is -0.114. The quantitative estimate of drug-likeness (QED) is 0.371. The van der Waals surface area contributed by atoms with E-state index in [-0.39, 0.29) is 28.3 Å². The summed E-state index contributed by atoms with van der Waals surface area (Å²) >= 11 is 0. The zero-order chi connectivity index (χ0) is 24.5. The molecule has 3 aromatic rings. The average Bonchev–Trinajstić information content (AvgIpc) is 3.22. The predicted octanol–water partition coefficient (Wildman–Crippen LogP) is 3.61. The van der Waals surface area contributed by atoms with Gasteiger partial charge in [0, 0.05) is 24.4 Å². The van der Waals surface area contributed by atoms with Gasteiger partial charge in [-0.15, -0.1) is 0 Å². The zero-order valence-electron chi connectivity index (χ0n) is 18.9. The number of phenols is 2. The Hall–Kier alpha value is -3.62. The van der Waals surface area contributed by atoms with Gasteiger partial charge in [-0.05, 0) is 78.9 Å². The Labute approximate surface area is 199 Å². The molecule has 3 aromatic carbocycles. The van der Waals surface area contributed by atoms with Crippen LogP contribution in [-0.2, 0) is 27.7 Å². The summed E-state index contributed by atoms with van der Waals surface area (Å²) in [5.41, 5.74) is 3.84. The number of likely N-dealkylation sites (N-methyl/N-ethyl adjacent to an activating group) is 1. The molecule has 0 bridgehead atoms. The van der Waals surface area contributed by atoms with Crippen molar-refractivity contribution in [3.63, 3.8) is 0 Å². The number of anilines is 1. The Kier molecular flexibility index (Phi) is 6.45. The van der Waals surface area contributed by atoms with Crippen LogP contribution in [0.3, 0.4) is 0 Å². The molecular weight excluding hydrogens is 452 g/mol. The maximum Gasteiger partial charge on any atom is 0.253 e. The lowest BCUT2D eigenvalue weighted by Gasteiger charge is -2.19. The van der Waals surface area contributed by atoms with E-state index in [0.29, 0.717) is 29.7 Å². The average molecular weight is 479 g/mol. The standard InChI is InChI=1S/C26H26N2O5S/c1-17(13-18-7-12-24(29)25(30)14-18)26(31)28(2)22-8-10-23(11-9-22)34(32,33)27-21-15-19-5-3-4-6-20(19)16-21/h3-14,21,27,29-30H,15-16H2,1-2H3/b17-13+. The van der Waals surface area contributed by atoms with E-state index in [9.17, 15) is 23.4 Å². The van der Waals surface area contributed by atoms with Gasteiger partial charge in [0.05, 0.1) is 4.90 Å². The van der Waals surface area contributed by atoms with Crippen LogP contribution < -0.4 is 9.62 Å². The van der Waals surface area contributed by atoms with E-state index in [4.69, 9.17) is 0 Å². The van der Waals surface area contributed by atoms with Gasteiger partial charge in [0.1, 0.15) is 0 Å². The number of sulfonamides is 1. The second kappa shape index (κ2) is 9.32. The molecule has 3 N–H and O–H groups in total. The van der Waals surface area contributed by atoms with E-state index >= 15 is 0 Å². The SMILES string of the molecule is C/C(=C\c1ccc(O)c(O)c1)C(=O)N(C)c1ccc(S(=O)(=O)NC2Cc3ccccc3C2)cc1. The molecule has 0 unspecified atom stereocenters. The normalized spacial score (nSPS) is 14.1. The number of carbonyl (C=O) groups excluding carboxylic acids is 1. The van der Waals surface area contributed by atoms with Crippen LogP contribution in [0.25, 0.3) is 6.08 Å². The summed E-state index contributed by atoms with van der Waals surface area (Å²) in [6.07, 6.45) is 2.92. The zero-order valence-corrected chi connectivity index (χ0v) is 19.7. The second-order valence-electron chi connectivity index (χ2n) is 8.43. The number of nitrogens with zero attached hydrogens (tertiary/aromatic N) is 1. The van der Waals surface area contributed by atoms with Crippen LogP contribution in [-0.4, -0.2) is 37.6 Å². The largest absolute Gasteiger partial charge is 0.504 e. The molecule has 1 aliphatic carbocycles. The van der Waals surface area contributed by atoms with Gasteiger partial charge in [0.15, 0.2) is 11.5 Å². The number of benzene rings is 3. The van der Waals surface area contributed by atoms with E-state index in [1.807, 2.05) is 24.3 Å². The van der Waals surface area contributed by atoms with Crippen LogP contribution in [0.1, 0.15) is 23.6 Å². The molecule has 0 saturated carbocycles. The molecule has 0 atom stereocenters. The summed E-state index contributed by atoms with van der Waals surface area (Å²) in [6, 6.07) is 18.2. The molecule has 0 aromatic heterocycles. The fourth-order valence-corrected chi connectivity index (χ4v) is 5.34. The van der Waals surface area contributed by atoms with Crippen molar-refractivity contribution in [1.29, 1.82) is 0 Å². The molecule has 0 radical (unpaired) electrons. The van der Waals surface area contributed by atoms with E-state index < -0.39 is 10.0 Å². The third kappa shape index (κ3) is 4.98. The first-order valence-corrected chi connectivity index (χ1v) is 12.3. The van der Waals surface area contributed by atoms with Crippen molar-refractivity contribution >= 4 is 27.7 Å². The summed E-state index contributed by atoms with van der Waals surface area (Å²) in [7, 11) is -2.10. The summed E-state index contributed by atoms with van der Waals surface area (Å²) in [4.78, 5) is 14.4. The van der Waals surface area contributed by atoms with Gasteiger partial charge in [-0.2, -0.15) is 0 Å². The number of rotatable bonds is 6. The van der Waals surface area contributed by atoms with Gasteiger partial charge < -0.3 is 15.1 Å². The van der Waals surface area contributed by atoms with Crippen LogP contribution in [0.5, 0.6) is 11.5 Å². The molecule has 0 aliphatic heterocycles. The van der Waals surface area contributed by atoms with Crippen LogP contribution in [0.15, 0.2) is 77.2 Å². The van der Waals surface area contributed by atoms with Gasteiger partial charge in [-0.1, -0.05) is 30.3 Å². The van der Waals surface area contributed by atoms with Crippen molar-refractivity contribution in [3.05, 3.63) is 89.0 Å². The monoisotopic (exact) mass is 478 g/mol. The molecule has 34 heavy (non-hydrogen) atoms. The Morgan fingerprint density at radius 3 is 2.18 bits per heavy atom. The lowest BCUT2D eigenvalue weighted by atomic mass is 10.1. The maximum atomic E-state index is 12.9. The first-order chi connectivity index (χ1) is 16.1. The van der Waals surface area contributed by atoms with Gasteiger partial charge in [-0.3, -0.25) is 4.79 Å². The predicted molar refractivity (Wildman–Crippen MR) is 131 cm³/mol. The second-order valence-corrected chi connectivity index (χ2v) is 10.1. The molecule has 0 fully saturated rings. The number of hydrogen-bond acceptors (Lipinski definition) is 5. The van der Waals surface area contributed by atoms with Crippen LogP contribution in [0.2, 0.25) is 0 Å². The van der Waals surface area contributed by atoms with Crippen molar-refractivity contribution in [1.82, 2.24) is 4.72 Å². The van der Waals surface area contributed by atoms with Gasteiger partial charge >= 0.3 is 0 Å². The Balaban J connectivity index is 1.44. The van der Waals surface area contributed by atoms with Crippen molar-refractivity contribution < 1.29 is 23.4 Å². The van der Waals surface area contributed by atoms with E-state index in [0.717, 1.165) is 11.1 Å². The number of fused-ring (bicyclic) bond motifs is 1. The highest BCUT2D eigenvalue weighted by molar-refractivity contribution is 7.89. The first-order valence-electron chi connectivity index (χ1n) is 10.8. The molecule has 7 nitrogen and oxygen atoms in total. The highest BCUT2D eigenvalue weighted by atomic mass is 32.2. The van der Waals surface area contributed by atoms with Crippen molar-refractivity contribution in [3.8, 4) is 11.5 Å². The summed E-state index contributed by atoms with van der Waals surface area (Å²) < 4.78 is 28.5. The molecule has 0 saturated heterocycles. The highest BCUT2D eigenvalue weighted by Crippen LogP contribution is 2.27. The molecule has 1 amide bonds.